The van der Waals surface area contributed by atoms with Gasteiger partial charge in [0.2, 0.25) is 0 Å². The molecule has 1 aromatic carbocycles. The van der Waals surface area contributed by atoms with Crippen LogP contribution < -0.4 is 0 Å². The minimum atomic E-state index is -0.693. The van der Waals surface area contributed by atoms with Gasteiger partial charge in [0.15, 0.2) is 0 Å². The summed E-state index contributed by atoms with van der Waals surface area (Å²) in [5.74, 6) is -0.613. The van der Waals surface area contributed by atoms with Gasteiger partial charge in [-0.3, -0.25) is 4.79 Å². The van der Waals surface area contributed by atoms with E-state index in [1.165, 1.54) is 6.07 Å². The van der Waals surface area contributed by atoms with Gasteiger partial charge >= 0.3 is 5.97 Å². The Morgan fingerprint density at radius 1 is 1.47 bits per heavy atom. The molecule has 15 heavy (non-hydrogen) atoms. The van der Waals surface area contributed by atoms with Crippen molar-refractivity contribution in [2.45, 2.75) is 25.2 Å². The van der Waals surface area contributed by atoms with Crippen molar-refractivity contribution in [1.82, 2.24) is 0 Å². The maximum absolute atomic E-state index is 13.5. The minimum absolute atomic E-state index is 0.296. The average molecular weight is 208 g/mol. The zero-order chi connectivity index (χ0) is 10.9. The number of ether oxygens (including phenoxy) is 1. The minimum Gasteiger partial charge on any atom is -0.465 e. The van der Waals surface area contributed by atoms with Crippen molar-refractivity contribution in [3.8, 4) is 0 Å². The Hall–Kier alpha value is -1.38. The predicted octanol–water partition coefficient (Wildman–Crippen LogP) is 2.42. The topological polar surface area (TPSA) is 26.3 Å². The van der Waals surface area contributed by atoms with Gasteiger partial charge in [0.05, 0.1) is 12.0 Å². The molecule has 0 atom stereocenters. The van der Waals surface area contributed by atoms with Gasteiger partial charge in [-0.25, -0.2) is 4.39 Å². The molecule has 1 aliphatic carbocycles. The number of rotatable bonds is 3. The Kier molecular flexibility index (Phi) is 2.47. The largest absolute Gasteiger partial charge is 0.465 e. The van der Waals surface area contributed by atoms with E-state index in [9.17, 15) is 9.18 Å². The van der Waals surface area contributed by atoms with Crippen LogP contribution in [0.3, 0.4) is 0 Å². The number of hydrogen-bond donors (Lipinski definition) is 0. The van der Waals surface area contributed by atoms with E-state index in [1.807, 2.05) is 0 Å². The molecule has 0 heterocycles. The first kappa shape index (κ1) is 10.1. The summed E-state index contributed by atoms with van der Waals surface area (Å²) in [6.07, 6.45) is 1.37. The smallest absolute Gasteiger partial charge is 0.316 e. The normalized spacial score (nSPS) is 17.2. The molecule has 2 rings (SSSR count). The molecule has 0 N–H and O–H groups in total. The Bertz CT molecular complexity index is 383. The fraction of sp³-hybridized carbons (Fsp3) is 0.417. The predicted molar refractivity (Wildman–Crippen MR) is 53.9 cm³/mol. The fourth-order valence-electron chi connectivity index (χ4n) is 1.83. The zero-order valence-corrected chi connectivity index (χ0v) is 8.63. The van der Waals surface area contributed by atoms with E-state index in [2.05, 4.69) is 0 Å². The molecule has 1 aromatic rings. The zero-order valence-electron chi connectivity index (χ0n) is 8.63. The lowest BCUT2D eigenvalue weighted by Gasteiger charge is -2.14. The van der Waals surface area contributed by atoms with Gasteiger partial charge in [-0.2, -0.15) is 0 Å². The highest BCUT2D eigenvalue weighted by atomic mass is 19.1. The molecule has 1 aliphatic rings. The second kappa shape index (κ2) is 3.65. The number of carbonyl (C=O) groups excluding carboxylic acids is 1. The van der Waals surface area contributed by atoms with E-state index in [4.69, 9.17) is 4.74 Å². The highest BCUT2D eigenvalue weighted by Crippen LogP contribution is 2.49. The summed E-state index contributed by atoms with van der Waals surface area (Å²) in [6, 6.07) is 6.42. The van der Waals surface area contributed by atoms with Crippen LogP contribution in [-0.2, 0) is 14.9 Å². The molecule has 0 aliphatic heterocycles. The molecule has 3 heteroatoms. The molecular formula is C12H13FO2. The summed E-state index contributed by atoms with van der Waals surface area (Å²) < 4.78 is 18.5. The lowest BCUT2D eigenvalue weighted by molar-refractivity contribution is -0.146. The quantitative estimate of drug-likeness (QED) is 0.713. The van der Waals surface area contributed by atoms with E-state index >= 15 is 0 Å². The first-order valence-corrected chi connectivity index (χ1v) is 5.13. The first-order valence-electron chi connectivity index (χ1n) is 5.13. The average Bonchev–Trinajstić information content (AvgIpc) is 3.00. The maximum Gasteiger partial charge on any atom is 0.316 e. The van der Waals surface area contributed by atoms with Crippen molar-refractivity contribution in [2.24, 2.45) is 0 Å². The molecule has 0 bridgehead atoms. The van der Waals surface area contributed by atoms with E-state index in [-0.39, 0.29) is 11.8 Å². The van der Waals surface area contributed by atoms with E-state index in [0.717, 1.165) is 0 Å². The molecule has 1 fully saturated rings. The number of halogens is 1. The second-order valence-corrected chi connectivity index (χ2v) is 3.78. The van der Waals surface area contributed by atoms with Crippen LogP contribution in [-0.4, -0.2) is 12.6 Å². The number of hydrogen-bond acceptors (Lipinski definition) is 2. The number of carbonyl (C=O) groups is 1. The molecule has 0 spiro atoms. The molecule has 2 nitrogen and oxygen atoms in total. The van der Waals surface area contributed by atoms with Gasteiger partial charge in [-0.1, -0.05) is 18.2 Å². The SMILES string of the molecule is CCOC(=O)C1(c2ccccc2F)CC1. The summed E-state index contributed by atoms with van der Waals surface area (Å²) in [5.41, 5.74) is -0.218. The van der Waals surface area contributed by atoms with Gasteiger partial charge in [0.25, 0.3) is 0 Å². The Balaban J connectivity index is 2.31. The van der Waals surface area contributed by atoms with E-state index in [1.54, 1.807) is 25.1 Å². The molecule has 0 radical (unpaired) electrons. The van der Waals surface area contributed by atoms with Gasteiger partial charge in [-0.15, -0.1) is 0 Å². The Morgan fingerprint density at radius 2 is 2.13 bits per heavy atom. The van der Waals surface area contributed by atoms with Crippen LogP contribution in [0.1, 0.15) is 25.3 Å². The third-order valence-electron chi connectivity index (χ3n) is 2.81. The van der Waals surface area contributed by atoms with E-state index in [0.29, 0.717) is 25.0 Å². The number of benzene rings is 1. The van der Waals surface area contributed by atoms with Crippen molar-refractivity contribution >= 4 is 5.97 Å². The van der Waals surface area contributed by atoms with Gasteiger partial charge in [0, 0.05) is 5.56 Å². The highest BCUT2D eigenvalue weighted by molar-refractivity contribution is 5.86. The summed E-state index contributed by atoms with van der Waals surface area (Å²) in [5, 5.41) is 0. The molecule has 0 unspecified atom stereocenters. The first-order chi connectivity index (χ1) is 7.20. The van der Waals surface area contributed by atoms with Crippen molar-refractivity contribution in [2.75, 3.05) is 6.61 Å². The summed E-state index contributed by atoms with van der Waals surface area (Å²) in [6.45, 7) is 2.10. The highest BCUT2D eigenvalue weighted by Gasteiger charge is 2.54. The third kappa shape index (κ3) is 1.62. The van der Waals surface area contributed by atoms with Gasteiger partial charge in [-0.05, 0) is 25.8 Å². The fourth-order valence-corrected chi connectivity index (χ4v) is 1.83. The standard InChI is InChI=1S/C12H13FO2/c1-2-15-11(14)12(7-8-12)9-5-3-4-6-10(9)13/h3-6H,2,7-8H2,1H3. The van der Waals surface area contributed by atoms with Crippen molar-refractivity contribution in [3.05, 3.63) is 35.6 Å². The van der Waals surface area contributed by atoms with E-state index < -0.39 is 5.41 Å². The second-order valence-electron chi connectivity index (χ2n) is 3.78. The van der Waals surface area contributed by atoms with Crippen molar-refractivity contribution in [3.63, 3.8) is 0 Å². The molecule has 0 amide bonds. The van der Waals surface area contributed by atoms with Crippen molar-refractivity contribution < 1.29 is 13.9 Å². The van der Waals surface area contributed by atoms with Gasteiger partial charge < -0.3 is 4.74 Å². The molecular weight excluding hydrogens is 195 g/mol. The maximum atomic E-state index is 13.5. The van der Waals surface area contributed by atoms with Gasteiger partial charge in [0.1, 0.15) is 5.82 Å². The lowest BCUT2D eigenvalue weighted by atomic mass is 9.95. The van der Waals surface area contributed by atoms with Crippen molar-refractivity contribution in [1.29, 1.82) is 0 Å². The summed E-state index contributed by atoms with van der Waals surface area (Å²) in [4.78, 5) is 11.7. The molecule has 80 valence electrons. The summed E-state index contributed by atoms with van der Waals surface area (Å²) >= 11 is 0. The lowest BCUT2D eigenvalue weighted by Crippen LogP contribution is -2.24. The van der Waals surface area contributed by atoms with Crippen LogP contribution in [0, 0.1) is 5.82 Å². The van der Waals surface area contributed by atoms with Crippen LogP contribution >= 0.6 is 0 Å². The third-order valence-corrected chi connectivity index (χ3v) is 2.81. The molecule has 0 saturated heterocycles. The molecule has 0 aromatic heterocycles. The Labute approximate surface area is 88.1 Å². The van der Waals surface area contributed by atoms with Crippen LogP contribution in [0.5, 0.6) is 0 Å². The Morgan fingerprint density at radius 3 is 2.67 bits per heavy atom. The molecule has 1 saturated carbocycles. The van der Waals surface area contributed by atoms with Crippen LogP contribution in [0.2, 0.25) is 0 Å². The van der Waals surface area contributed by atoms with Crippen LogP contribution in [0.15, 0.2) is 24.3 Å². The van der Waals surface area contributed by atoms with Crippen LogP contribution in [0.25, 0.3) is 0 Å². The summed E-state index contributed by atoms with van der Waals surface area (Å²) in [7, 11) is 0. The number of esters is 1. The monoisotopic (exact) mass is 208 g/mol. The van der Waals surface area contributed by atoms with Crippen LogP contribution in [0.4, 0.5) is 4.39 Å².